The molecule has 2 aliphatic heterocycles. The quantitative estimate of drug-likeness (QED) is 0.731. The van der Waals surface area contributed by atoms with Gasteiger partial charge in [-0.05, 0) is 31.7 Å². The fraction of sp³-hybridized carbons (Fsp3) is 0.667. The number of benzene rings is 1. The number of piperidine rings is 1. The van der Waals surface area contributed by atoms with Crippen LogP contribution in [-0.4, -0.2) is 62.5 Å². The highest BCUT2D eigenvalue weighted by Gasteiger charge is 2.41. The van der Waals surface area contributed by atoms with E-state index in [9.17, 15) is 4.79 Å². The van der Waals surface area contributed by atoms with Gasteiger partial charge >= 0.3 is 0 Å². The third-order valence-electron chi connectivity index (χ3n) is 5.55. The van der Waals surface area contributed by atoms with Gasteiger partial charge in [0.05, 0.1) is 31.3 Å². The van der Waals surface area contributed by atoms with Crippen molar-refractivity contribution in [1.29, 1.82) is 0 Å². The third kappa shape index (κ3) is 5.06. The van der Waals surface area contributed by atoms with Crippen molar-refractivity contribution in [2.24, 2.45) is 0 Å². The number of amides is 1. The lowest BCUT2D eigenvalue weighted by atomic mass is 9.83. The molecule has 1 aromatic carbocycles. The van der Waals surface area contributed by atoms with Crippen molar-refractivity contribution in [2.75, 3.05) is 40.0 Å². The molecule has 2 saturated heterocycles. The Balaban J connectivity index is 1.49. The summed E-state index contributed by atoms with van der Waals surface area (Å²) in [5.74, 6) is 0.217. The average molecular weight is 361 g/mol. The van der Waals surface area contributed by atoms with Crippen molar-refractivity contribution in [3.05, 3.63) is 35.4 Å². The summed E-state index contributed by atoms with van der Waals surface area (Å²) in [7, 11) is 1.69. The summed E-state index contributed by atoms with van der Waals surface area (Å²) >= 11 is 0. The molecule has 5 heteroatoms. The molecule has 1 atom stereocenters. The maximum absolute atomic E-state index is 12.6. The molecular weight excluding hydrogens is 330 g/mol. The van der Waals surface area contributed by atoms with Crippen LogP contribution in [-0.2, 0) is 25.4 Å². The molecule has 0 saturated carbocycles. The number of likely N-dealkylation sites (tertiary alicyclic amines) is 1. The molecule has 2 aliphatic rings. The molecule has 0 radical (unpaired) electrons. The van der Waals surface area contributed by atoms with Crippen LogP contribution >= 0.6 is 0 Å². The summed E-state index contributed by atoms with van der Waals surface area (Å²) in [5.41, 5.74) is 2.18. The minimum Gasteiger partial charge on any atom is -0.382 e. The first kappa shape index (κ1) is 19.3. The third-order valence-corrected chi connectivity index (χ3v) is 5.55. The molecule has 0 aliphatic carbocycles. The topological polar surface area (TPSA) is 48.0 Å². The molecular formula is C21H31NO4. The Morgan fingerprint density at radius 2 is 2.12 bits per heavy atom. The van der Waals surface area contributed by atoms with Crippen LogP contribution in [0.5, 0.6) is 0 Å². The molecule has 1 spiro atoms. The zero-order valence-corrected chi connectivity index (χ0v) is 16.0. The van der Waals surface area contributed by atoms with E-state index in [1.807, 2.05) is 17.0 Å². The molecule has 2 heterocycles. The number of carbonyl (C=O) groups is 1. The monoisotopic (exact) mass is 361 g/mol. The van der Waals surface area contributed by atoms with E-state index in [0.717, 1.165) is 50.9 Å². The Morgan fingerprint density at radius 3 is 2.85 bits per heavy atom. The fourth-order valence-corrected chi connectivity index (χ4v) is 4.04. The lowest BCUT2D eigenvalue weighted by Gasteiger charge is -2.46. The van der Waals surface area contributed by atoms with Crippen LogP contribution in [0.3, 0.4) is 0 Å². The molecule has 144 valence electrons. The second-order valence-electron chi connectivity index (χ2n) is 7.56. The van der Waals surface area contributed by atoms with Crippen molar-refractivity contribution in [1.82, 2.24) is 4.90 Å². The second-order valence-corrected chi connectivity index (χ2v) is 7.56. The number of carbonyl (C=O) groups excluding carboxylic acids is 1. The molecule has 2 fully saturated rings. The summed E-state index contributed by atoms with van der Waals surface area (Å²) < 4.78 is 17.2. The van der Waals surface area contributed by atoms with Gasteiger partial charge in [-0.3, -0.25) is 4.79 Å². The molecule has 26 heavy (non-hydrogen) atoms. The summed E-state index contributed by atoms with van der Waals surface area (Å²) in [4.78, 5) is 14.6. The lowest BCUT2D eigenvalue weighted by Crippen LogP contribution is -2.52. The summed E-state index contributed by atoms with van der Waals surface area (Å²) in [6.45, 7) is 5.62. The normalized spacial score (nSPS) is 22.5. The van der Waals surface area contributed by atoms with Gasteiger partial charge in [-0.15, -0.1) is 0 Å². The van der Waals surface area contributed by atoms with Gasteiger partial charge in [0, 0.05) is 33.2 Å². The van der Waals surface area contributed by atoms with Crippen molar-refractivity contribution in [3.63, 3.8) is 0 Å². The first-order valence-electron chi connectivity index (χ1n) is 9.68. The number of aryl methyl sites for hydroxylation is 1. The summed E-state index contributed by atoms with van der Waals surface area (Å²) in [6, 6.07) is 8.20. The predicted octanol–water partition coefficient (Wildman–Crippen LogP) is 2.74. The Morgan fingerprint density at radius 1 is 1.31 bits per heavy atom. The van der Waals surface area contributed by atoms with Crippen LogP contribution in [0.1, 0.15) is 36.8 Å². The van der Waals surface area contributed by atoms with Crippen LogP contribution in [0.15, 0.2) is 24.3 Å². The van der Waals surface area contributed by atoms with Crippen molar-refractivity contribution in [2.45, 2.75) is 50.7 Å². The minimum absolute atomic E-state index is 0.115. The molecule has 1 amide bonds. The summed E-state index contributed by atoms with van der Waals surface area (Å²) in [5, 5.41) is 0. The van der Waals surface area contributed by atoms with Crippen molar-refractivity contribution < 1.29 is 19.0 Å². The molecule has 1 unspecified atom stereocenters. The Bertz CT molecular complexity index is 595. The predicted molar refractivity (Wildman–Crippen MR) is 100 cm³/mol. The van der Waals surface area contributed by atoms with Crippen LogP contribution in [0.4, 0.5) is 0 Å². The largest absolute Gasteiger partial charge is 0.382 e. The number of nitrogens with zero attached hydrogens (tertiary/aromatic N) is 1. The number of rotatable bonds is 6. The summed E-state index contributed by atoms with van der Waals surface area (Å²) in [6.07, 6.45) is 4.40. The first-order chi connectivity index (χ1) is 12.6. The molecule has 5 nitrogen and oxygen atoms in total. The highest BCUT2D eigenvalue weighted by atomic mass is 16.5. The number of ether oxygens (including phenoxy) is 3. The van der Waals surface area contributed by atoms with Gasteiger partial charge in [-0.25, -0.2) is 0 Å². The van der Waals surface area contributed by atoms with Gasteiger partial charge < -0.3 is 19.1 Å². The van der Waals surface area contributed by atoms with E-state index in [-0.39, 0.29) is 17.6 Å². The SMILES string of the molecule is COCCOC1CCOC2(CCN(C(=O)Cc3cccc(C)c3)CC2)C1. The van der Waals surface area contributed by atoms with E-state index in [2.05, 4.69) is 19.1 Å². The minimum atomic E-state index is -0.115. The van der Waals surface area contributed by atoms with E-state index in [1.165, 1.54) is 5.56 Å². The van der Waals surface area contributed by atoms with Gasteiger partial charge in [0.2, 0.25) is 5.91 Å². The van der Waals surface area contributed by atoms with Gasteiger partial charge in [-0.2, -0.15) is 0 Å². The second kappa shape index (κ2) is 8.98. The fourth-order valence-electron chi connectivity index (χ4n) is 4.04. The van der Waals surface area contributed by atoms with E-state index in [1.54, 1.807) is 7.11 Å². The van der Waals surface area contributed by atoms with Crippen molar-refractivity contribution in [3.8, 4) is 0 Å². The van der Waals surface area contributed by atoms with Crippen LogP contribution in [0.25, 0.3) is 0 Å². The molecule has 0 aromatic heterocycles. The van der Waals surface area contributed by atoms with Gasteiger partial charge in [-0.1, -0.05) is 29.8 Å². The standard InChI is InChI=1S/C21H31NO4/c1-17-4-3-5-18(14-17)15-20(23)22-9-7-21(8-10-22)16-19(6-11-26-21)25-13-12-24-2/h3-5,14,19H,6-13,15-16H2,1-2H3. The number of hydrogen-bond donors (Lipinski definition) is 0. The Hall–Kier alpha value is -1.43. The Labute approximate surface area is 156 Å². The van der Waals surface area contributed by atoms with E-state index in [4.69, 9.17) is 14.2 Å². The van der Waals surface area contributed by atoms with Crippen LogP contribution in [0.2, 0.25) is 0 Å². The van der Waals surface area contributed by atoms with Gasteiger partial charge in [0.1, 0.15) is 0 Å². The molecule has 3 rings (SSSR count). The van der Waals surface area contributed by atoms with Gasteiger partial charge in [0.25, 0.3) is 0 Å². The smallest absolute Gasteiger partial charge is 0.226 e. The van der Waals surface area contributed by atoms with E-state index >= 15 is 0 Å². The van der Waals surface area contributed by atoms with Crippen LogP contribution in [0, 0.1) is 6.92 Å². The molecule has 0 N–H and O–H groups in total. The first-order valence-corrected chi connectivity index (χ1v) is 9.68. The zero-order chi connectivity index (χ0) is 18.4. The highest BCUT2D eigenvalue weighted by molar-refractivity contribution is 5.79. The number of hydrogen-bond acceptors (Lipinski definition) is 4. The average Bonchev–Trinajstić information content (AvgIpc) is 2.63. The highest BCUT2D eigenvalue weighted by Crippen LogP contribution is 2.36. The van der Waals surface area contributed by atoms with E-state index < -0.39 is 0 Å². The Kier molecular flexibility index (Phi) is 6.68. The van der Waals surface area contributed by atoms with Gasteiger partial charge in [0.15, 0.2) is 0 Å². The van der Waals surface area contributed by atoms with Crippen LogP contribution < -0.4 is 0 Å². The lowest BCUT2D eigenvalue weighted by molar-refractivity contribution is -0.162. The van der Waals surface area contributed by atoms with Crippen molar-refractivity contribution >= 4 is 5.91 Å². The number of methoxy groups -OCH3 is 1. The maximum Gasteiger partial charge on any atom is 0.226 e. The van der Waals surface area contributed by atoms with E-state index in [0.29, 0.717) is 19.6 Å². The molecule has 0 bridgehead atoms. The maximum atomic E-state index is 12.6. The zero-order valence-electron chi connectivity index (χ0n) is 16.0. The molecule has 1 aromatic rings.